The third kappa shape index (κ3) is 5.06. The highest BCUT2D eigenvalue weighted by Gasteiger charge is 2.35. The molecule has 1 aliphatic carbocycles. The molecule has 1 saturated carbocycles. The van der Waals surface area contributed by atoms with E-state index in [-0.39, 0.29) is 5.41 Å². The Morgan fingerprint density at radius 1 is 1.13 bits per heavy atom. The van der Waals surface area contributed by atoms with Gasteiger partial charge in [-0.2, -0.15) is 0 Å². The number of aromatic nitrogens is 1. The Morgan fingerprint density at radius 2 is 1.83 bits per heavy atom. The van der Waals surface area contributed by atoms with E-state index in [0.717, 1.165) is 42.1 Å². The first kappa shape index (κ1) is 21.4. The maximum Gasteiger partial charge on any atom is 0.170 e. The molecule has 1 aromatic carbocycles. The number of pyridine rings is 1. The Hall–Kier alpha value is -1.85. The summed E-state index contributed by atoms with van der Waals surface area (Å²) in [6.45, 7) is 5.34. The summed E-state index contributed by atoms with van der Waals surface area (Å²) in [5, 5.41) is 8.19. The zero-order valence-corrected chi connectivity index (χ0v) is 19.2. The van der Waals surface area contributed by atoms with Crippen LogP contribution in [0, 0.1) is 5.92 Å². The molecular formula is C24H31ClN4S. The zero-order chi connectivity index (χ0) is 21.0. The minimum absolute atomic E-state index is 0.129. The van der Waals surface area contributed by atoms with Crippen LogP contribution in [-0.4, -0.2) is 29.7 Å². The average molecular weight is 443 g/mol. The SMILES string of the molecule is CC1CCN(c2ccc(NC(=S)NCC3(c4ccc(Cl)cc4)CCCC3)cn2)CC1. The topological polar surface area (TPSA) is 40.2 Å². The minimum atomic E-state index is 0.129. The Kier molecular flexibility index (Phi) is 6.79. The molecule has 1 saturated heterocycles. The van der Waals surface area contributed by atoms with Gasteiger partial charge in [0, 0.05) is 30.1 Å². The number of rotatable bonds is 5. The second kappa shape index (κ2) is 9.52. The van der Waals surface area contributed by atoms with Crippen molar-refractivity contribution in [2.24, 2.45) is 5.92 Å². The standard InChI is InChI=1S/C24H31ClN4S/c1-18-10-14-29(15-11-18)22-9-8-21(16-26-22)28-23(30)27-17-24(12-2-3-13-24)19-4-6-20(25)7-5-19/h4-9,16,18H,2-3,10-15,17H2,1H3,(H2,27,28,30). The third-order valence-electron chi connectivity index (χ3n) is 6.72. The lowest BCUT2D eigenvalue weighted by Gasteiger charge is -2.31. The Labute approximate surface area is 190 Å². The van der Waals surface area contributed by atoms with Crippen molar-refractivity contribution < 1.29 is 0 Å². The molecular weight excluding hydrogens is 412 g/mol. The molecule has 30 heavy (non-hydrogen) atoms. The molecule has 1 aromatic heterocycles. The van der Waals surface area contributed by atoms with Gasteiger partial charge in [-0.1, -0.05) is 43.5 Å². The van der Waals surface area contributed by atoms with Gasteiger partial charge in [-0.05, 0) is 73.6 Å². The van der Waals surface area contributed by atoms with E-state index in [1.165, 1.54) is 44.1 Å². The molecule has 4 nitrogen and oxygen atoms in total. The Bertz CT molecular complexity index is 839. The largest absolute Gasteiger partial charge is 0.362 e. The van der Waals surface area contributed by atoms with Gasteiger partial charge in [0.1, 0.15) is 5.82 Å². The van der Waals surface area contributed by atoms with Crippen LogP contribution in [0.15, 0.2) is 42.6 Å². The first-order chi connectivity index (χ1) is 14.5. The van der Waals surface area contributed by atoms with E-state index >= 15 is 0 Å². The molecule has 2 heterocycles. The first-order valence-electron chi connectivity index (χ1n) is 11.1. The number of piperidine rings is 1. The number of anilines is 2. The van der Waals surface area contributed by atoms with Crippen LogP contribution in [-0.2, 0) is 5.41 Å². The summed E-state index contributed by atoms with van der Waals surface area (Å²) in [5.41, 5.74) is 2.40. The van der Waals surface area contributed by atoms with Crippen molar-refractivity contribution in [2.75, 3.05) is 29.9 Å². The number of halogens is 1. The second-order valence-corrected chi connectivity index (χ2v) is 9.72. The number of thiocarbonyl (C=S) groups is 1. The number of hydrogen-bond donors (Lipinski definition) is 2. The lowest BCUT2D eigenvalue weighted by Crippen LogP contribution is -2.40. The van der Waals surface area contributed by atoms with Crippen LogP contribution >= 0.6 is 23.8 Å². The molecule has 1 aliphatic heterocycles. The van der Waals surface area contributed by atoms with E-state index in [4.69, 9.17) is 23.8 Å². The van der Waals surface area contributed by atoms with Crippen molar-refractivity contribution in [2.45, 2.75) is 50.9 Å². The fraction of sp³-hybridized carbons (Fsp3) is 0.500. The van der Waals surface area contributed by atoms with Gasteiger partial charge in [0.2, 0.25) is 0 Å². The summed E-state index contributed by atoms with van der Waals surface area (Å²) in [7, 11) is 0. The van der Waals surface area contributed by atoms with E-state index < -0.39 is 0 Å². The molecule has 0 spiro atoms. The molecule has 0 bridgehead atoms. The van der Waals surface area contributed by atoms with Gasteiger partial charge in [-0.25, -0.2) is 4.98 Å². The van der Waals surface area contributed by atoms with Crippen LogP contribution in [0.1, 0.15) is 51.0 Å². The number of hydrogen-bond acceptors (Lipinski definition) is 3. The van der Waals surface area contributed by atoms with Gasteiger partial charge in [-0.15, -0.1) is 0 Å². The fourth-order valence-electron chi connectivity index (χ4n) is 4.73. The van der Waals surface area contributed by atoms with Crippen LogP contribution in [0.3, 0.4) is 0 Å². The number of benzene rings is 1. The quantitative estimate of drug-likeness (QED) is 0.575. The fourth-order valence-corrected chi connectivity index (χ4v) is 5.05. The monoisotopic (exact) mass is 442 g/mol. The van der Waals surface area contributed by atoms with Crippen molar-refractivity contribution in [3.8, 4) is 0 Å². The molecule has 2 N–H and O–H groups in total. The lowest BCUT2D eigenvalue weighted by atomic mass is 9.79. The molecule has 6 heteroatoms. The molecule has 0 unspecified atom stereocenters. The van der Waals surface area contributed by atoms with Crippen LogP contribution < -0.4 is 15.5 Å². The van der Waals surface area contributed by atoms with Gasteiger partial charge >= 0.3 is 0 Å². The third-order valence-corrected chi connectivity index (χ3v) is 7.22. The van der Waals surface area contributed by atoms with Crippen LogP contribution in [0.25, 0.3) is 0 Å². The predicted molar refractivity (Wildman–Crippen MR) is 131 cm³/mol. The summed E-state index contributed by atoms with van der Waals surface area (Å²) >= 11 is 11.7. The molecule has 0 radical (unpaired) electrons. The van der Waals surface area contributed by atoms with Gasteiger partial charge in [0.05, 0.1) is 11.9 Å². The van der Waals surface area contributed by atoms with E-state index in [0.29, 0.717) is 5.11 Å². The molecule has 0 atom stereocenters. The highest BCUT2D eigenvalue weighted by atomic mass is 35.5. The molecule has 2 fully saturated rings. The first-order valence-corrected chi connectivity index (χ1v) is 11.8. The summed E-state index contributed by atoms with van der Waals surface area (Å²) in [4.78, 5) is 7.02. The summed E-state index contributed by atoms with van der Waals surface area (Å²) in [6, 6.07) is 12.5. The lowest BCUT2D eigenvalue weighted by molar-refractivity contribution is 0.435. The number of nitrogens with zero attached hydrogens (tertiary/aromatic N) is 2. The highest BCUT2D eigenvalue weighted by Crippen LogP contribution is 2.41. The second-order valence-electron chi connectivity index (χ2n) is 8.88. The minimum Gasteiger partial charge on any atom is -0.362 e. The van der Waals surface area contributed by atoms with Crippen LogP contribution in [0.5, 0.6) is 0 Å². The maximum absolute atomic E-state index is 6.09. The van der Waals surface area contributed by atoms with Crippen molar-refractivity contribution in [3.05, 3.63) is 53.2 Å². The van der Waals surface area contributed by atoms with E-state index in [1.807, 2.05) is 18.3 Å². The molecule has 0 amide bonds. The van der Waals surface area contributed by atoms with E-state index in [9.17, 15) is 0 Å². The van der Waals surface area contributed by atoms with Gasteiger partial charge < -0.3 is 15.5 Å². The summed E-state index contributed by atoms with van der Waals surface area (Å²) in [6.07, 6.45) is 9.22. The summed E-state index contributed by atoms with van der Waals surface area (Å²) < 4.78 is 0. The Balaban J connectivity index is 1.33. The molecule has 4 rings (SSSR count). The molecule has 160 valence electrons. The van der Waals surface area contributed by atoms with Crippen molar-refractivity contribution in [1.29, 1.82) is 0 Å². The van der Waals surface area contributed by atoms with Crippen molar-refractivity contribution in [3.63, 3.8) is 0 Å². The van der Waals surface area contributed by atoms with Gasteiger partial charge in [0.25, 0.3) is 0 Å². The normalized spacial score (nSPS) is 18.9. The van der Waals surface area contributed by atoms with Gasteiger partial charge in [-0.3, -0.25) is 0 Å². The smallest absolute Gasteiger partial charge is 0.170 e. The maximum atomic E-state index is 6.09. The predicted octanol–water partition coefficient (Wildman–Crippen LogP) is 5.77. The molecule has 2 aliphatic rings. The van der Waals surface area contributed by atoms with Crippen molar-refractivity contribution >= 4 is 40.4 Å². The Morgan fingerprint density at radius 3 is 2.47 bits per heavy atom. The van der Waals surface area contributed by atoms with Crippen molar-refractivity contribution in [1.82, 2.24) is 10.3 Å². The zero-order valence-electron chi connectivity index (χ0n) is 17.7. The highest BCUT2D eigenvalue weighted by molar-refractivity contribution is 7.80. The van der Waals surface area contributed by atoms with Crippen LogP contribution in [0.2, 0.25) is 5.02 Å². The average Bonchev–Trinajstić information content (AvgIpc) is 3.24. The summed E-state index contributed by atoms with van der Waals surface area (Å²) in [5.74, 6) is 1.88. The molecule has 2 aromatic rings. The number of nitrogens with one attached hydrogen (secondary N) is 2. The van der Waals surface area contributed by atoms with Crippen LogP contribution in [0.4, 0.5) is 11.5 Å². The van der Waals surface area contributed by atoms with Gasteiger partial charge in [0.15, 0.2) is 5.11 Å². The van der Waals surface area contributed by atoms with E-state index in [2.05, 4.69) is 51.7 Å². The van der Waals surface area contributed by atoms with E-state index in [1.54, 1.807) is 0 Å².